The van der Waals surface area contributed by atoms with E-state index in [9.17, 15) is 10.1 Å². The fourth-order valence-corrected chi connectivity index (χ4v) is 3.40. The van der Waals surface area contributed by atoms with Crippen LogP contribution in [0.4, 0.5) is 0 Å². The second-order valence-corrected chi connectivity index (χ2v) is 7.20. The maximum absolute atomic E-state index is 12.2. The van der Waals surface area contributed by atoms with Gasteiger partial charge in [-0.1, -0.05) is 6.07 Å². The molecule has 132 valence electrons. The molecule has 2 aromatic heterocycles. The van der Waals surface area contributed by atoms with Crippen LogP contribution in [0.2, 0.25) is 0 Å². The first-order valence-corrected chi connectivity index (χ1v) is 9.05. The molecule has 0 radical (unpaired) electrons. The maximum atomic E-state index is 12.2. The number of hydrogen-bond acceptors (Lipinski definition) is 4. The SMILES string of the molecule is Cc1cc(C)cc(Oc2c(Cn3ccnc3C#N)c(C)[nH]c(=O)c2I)c1. The van der Waals surface area contributed by atoms with Crippen molar-refractivity contribution in [1.82, 2.24) is 14.5 Å². The van der Waals surface area contributed by atoms with Crippen molar-refractivity contribution < 1.29 is 4.74 Å². The average molecular weight is 460 g/mol. The Morgan fingerprint density at radius 1 is 1.27 bits per heavy atom. The Balaban J connectivity index is 2.11. The number of ether oxygens (including phenoxy) is 1. The average Bonchev–Trinajstić information content (AvgIpc) is 3.02. The van der Waals surface area contributed by atoms with Crippen LogP contribution in [0.15, 0.2) is 35.4 Å². The van der Waals surface area contributed by atoms with Crippen molar-refractivity contribution in [3.05, 3.63) is 72.7 Å². The number of imidazole rings is 1. The van der Waals surface area contributed by atoms with Crippen LogP contribution in [0.5, 0.6) is 11.5 Å². The topological polar surface area (TPSA) is 83.7 Å². The van der Waals surface area contributed by atoms with Gasteiger partial charge in [0.25, 0.3) is 5.56 Å². The molecule has 1 aromatic carbocycles. The van der Waals surface area contributed by atoms with Crippen LogP contribution in [0.1, 0.15) is 28.2 Å². The van der Waals surface area contributed by atoms with Crippen molar-refractivity contribution in [2.45, 2.75) is 27.3 Å². The molecule has 0 bridgehead atoms. The quantitative estimate of drug-likeness (QED) is 0.601. The van der Waals surface area contributed by atoms with Crippen molar-refractivity contribution in [2.75, 3.05) is 0 Å². The van der Waals surface area contributed by atoms with Gasteiger partial charge in [0, 0.05) is 23.7 Å². The first-order valence-electron chi connectivity index (χ1n) is 7.97. The van der Waals surface area contributed by atoms with Crippen LogP contribution in [-0.4, -0.2) is 14.5 Å². The number of pyridine rings is 1. The molecule has 3 aromatic rings. The Morgan fingerprint density at radius 2 is 1.96 bits per heavy atom. The van der Waals surface area contributed by atoms with Gasteiger partial charge in [0.15, 0.2) is 5.75 Å². The number of halogens is 1. The Kier molecular flexibility index (Phi) is 5.13. The number of H-pyrrole nitrogens is 1. The summed E-state index contributed by atoms with van der Waals surface area (Å²) in [5.74, 6) is 1.50. The highest BCUT2D eigenvalue weighted by Crippen LogP contribution is 2.31. The van der Waals surface area contributed by atoms with Gasteiger partial charge in [0.05, 0.1) is 6.54 Å². The number of nitriles is 1. The van der Waals surface area contributed by atoms with E-state index in [1.54, 1.807) is 17.0 Å². The molecule has 0 aliphatic rings. The van der Waals surface area contributed by atoms with Gasteiger partial charge < -0.3 is 14.3 Å². The summed E-state index contributed by atoms with van der Waals surface area (Å²) in [4.78, 5) is 19.1. The second-order valence-electron chi connectivity index (χ2n) is 6.12. The van der Waals surface area contributed by atoms with Crippen molar-refractivity contribution in [3.63, 3.8) is 0 Å². The monoisotopic (exact) mass is 460 g/mol. The smallest absolute Gasteiger partial charge is 0.265 e. The summed E-state index contributed by atoms with van der Waals surface area (Å²) < 4.78 is 8.34. The van der Waals surface area contributed by atoms with E-state index in [2.05, 4.69) is 22.1 Å². The predicted octanol–water partition coefficient (Wildman–Crippen LogP) is 3.81. The zero-order chi connectivity index (χ0) is 18.8. The molecule has 0 aliphatic carbocycles. The molecule has 0 aliphatic heterocycles. The van der Waals surface area contributed by atoms with E-state index in [1.165, 1.54) is 0 Å². The van der Waals surface area contributed by atoms with Crippen molar-refractivity contribution in [2.24, 2.45) is 0 Å². The van der Waals surface area contributed by atoms with Crippen LogP contribution in [0.3, 0.4) is 0 Å². The van der Waals surface area contributed by atoms with Gasteiger partial charge in [-0.3, -0.25) is 4.79 Å². The number of rotatable bonds is 4. The van der Waals surface area contributed by atoms with Gasteiger partial charge in [0.1, 0.15) is 15.4 Å². The summed E-state index contributed by atoms with van der Waals surface area (Å²) in [6.45, 7) is 6.20. The Morgan fingerprint density at radius 3 is 2.62 bits per heavy atom. The molecule has 0 unspecified atom stereocenters. The molecule has 6 nitrogen and oxygen atoms in total. The first-order chi connectivity index (χ1) is 12.4. The maximum Gasteiger partial charge on any atom is 0.265 e. The molecular weight excluding hydrogens is 443 g/mol. The molecule has 3 rings (SSSR count). The lowest BCUT2D eigenvalue weighted by atomic mass is 10.1. The Labute approximate surface area is 164 Å². The van der Waals surface area contributed by atoms with Gasteiger partial charge in [-0.05, 0) is 66.6 Å². The van der Waals surface area contributed by atoms with Crippen LogP contribution in [0.25, 0.3) is 0 Å². The Bertz CT molecular complexity index is 1060. The minimum atomic E-state index is -0.197. The van der Waals surface area contributed by atoms with E-state index in [-0.39, 0.29) is 5.56 Å². The number of nitrogens with one attached hydrogen (secondary N) is 1. The van der Waals surface area contributed by atoms with E-state index < -0.39 is 0 Å². The summed E-state index contributed by atoms with van der Waals surface area (Å²) in [5.41, 5.74) is 3.48. The lowest BCUT2D eigenvalue weighted by Crippen LogP contribution is -2.17. The van der Waals surface area contributed by atoms with Crippen molar-refractivity contribution >= 4 is 22.6 Å². The lowest BCUT2D eigenvalue weighted by Gasteiger charge is -2.16. The highest BCUT2D eigenvalue weighted by molar-refractivity contribution is 14.1. The van der Waals surface area contributed by atoms with Crippen LogP contribution in [-0.2, 0) is 6.54 Å². The third-order valence-electron chi connectivity index (χ3n) is 3.99. The van der Waals surface area contributed by atoms with Crippen LogP contribution in [0, 0.1) is 35.7 Å². The minimum Gasteiger partial charge on any atom is -0.456 e. The molecule has 26 heavy (non-hydrogen) atoms. The van der Waals surface area contributed by atoms with Gasteiger partial charge >= 0.3 is 0 Å². The first kappa shape index (κ1) is 18.2. The molecule has 0 fully saturated rings. The normalized spacial score (nSPS) is 10.6. The zero-order valence-corrected chi connectivity index (χ0v) is 16.8. The van der Waals surface area contributed by atoms with Gasteiger partial charge in [0.2, 0.25) is 5.82 Å². The standard InChI is InChI=1S/C19H17IN4O2/c1-11-6-12(2)8-14(7-11)26-18-15(13(3)23-19(25)17(18)20)10-24-5-4-22-16(24)9-21/h4-8H,10H2,1-3H3,(H,23,25). The summed E-state index contributed by atoms with van der Waals surface area (Å²) in [6, 6.07) is 7.99. The molecule has 0 spiro atoms. The molecule has 7 heteroatoms. The summed E-state index contributed by atoms with van der Waals surface area (Å²) >= 11 is 1.99. The fraction of sp³-hybridized carbons (Fsp3) is 0.211. The lowest BCUT2D eigenvalue weighted by molar-refractivity contribution is 0.466. The molecule has 0 saturated heterocycles. The number of aromatic amines is 1. The molecule has 0 saturated carbocycles. The number of hydrogen-bond donors (Lipinski definition) is 1. The third-order valence-corrected chi connectivity index (χ3v) is 4.97. The minimum absolute atomic E-state index is 0.197. The van der Waals surface area contributed by atoms with E-state index in [1.807, 2.05) is 55.5 Å². The number of aromatic nitrogens is 3. The molecule has 0 atom stereocenters. The van der Waals surface area contributed by atoms with Crippen LogP contribution >= 0.6 is 22.6 Å². The highest BCUT2D eigenvalue weighted by Gasteiger charge is 2.18. The summed E-state index contributed by atoms with van der Waals surface area (Å²) in [6.07, 6.45) is 3.31. The molecular formula is C19H17IN4O2. The largest absolute Gasteiger partial charge is 0.456 e. The number of aryl methyl sites for hydroxylation is 3. The van der Waals surface area contributed by atoms with Crippen molar-refractivity contribution in [1.29, 1.82) is 5.26 Å². The van der Waals surface area contributed by atoms with E-state index in [4.69, 9.17) is 4.74 Å². The van der Waals surface area contributed by atoms with E-state index in [0.717, 1.165) is 16.7 Å². The van der Waals surface area contributed by atoms with E-state index in [0.29, 0.717) is 33.1 Å². The second kappa shape index (κ2) is 7.33. The Hall–Kier alpha value is -2.60. The summed E-state index contributed by atoms with van der Waals surface area (Å²) in [7, 11) is 0. The molecule has 0 amide bonds. The number of benzene rings is 1. The van der Waals surface area contributed by atoms with Gasteiger partial charge in [-0.2, -0.15) is 5.26 Å². The van der Waals surface area contributed by atoms with Gasteiger partial charge in [-0.25, -0.2) is 4.98 Å². The molecule has 1 N–H and O–H groups in total. The fourth-order valence-electron chi connectivity index (χ4n) is 2.83. The van der Waals surface area contributed by atoms with Crippen LogP contribution < -0.4 is 10.3 Å². The highest BCUT2D eigenvalue weighted by atomic mass is 127. The van der Waals surface area contributed by atoms with Crippen molar-refractivity contribution in [3.8, 4) is 17.6 Å². The predicted molar refractivity (Wildman–Crippen MR) is 107 cm³/mol. The van der Waals surface area contributed by atoms with E-state index >= 15 is 0 Å². The zero-order valence-electron chi connectivity index (χ0n) is 14.6. The number of nitrogens with zero attached hydrogens (tertiary/aromatic N) is 3. The molecule has 2 heterocycles. The summed E-state index contributed by atoms with van der Waals surface area (Å²) in [5, 5.41) is 9.20. The third kappa shape index (κ3) is 3.65. The van der Waals surface area contributed by atoms with Gasteiger partial charge in [-0.15, -0.1) is 0 Å².